The number of nitrogens with zero attached hydrogens (tertiary/aromatic N) is 1. The van der Waals surface area contributed by atoms with Gasteiger partial charge < -0.3 is 10.5 Å². The van der Waals surface area contributed by atoms with Crippen LogP contribution in [-0.4, -0.2) is 36.7 Å². The molecule has 3 nitrogen and oxygen atoms in total. The maximum Gasteiger partial charge on any atom is 0.0675 e. The van der Waals surface area contributed by atoms with Crippen molar-refractivity contribution in [1.29, 1.82) is 0 Å². The first-order valence-electron chi connectivity index (χ1n) is 6.55. The number of benzene rings is 1. The molecule has 0 bridgehead atoms. The molecular weight excluding hydrogens is 328 g/mol. The van der Waals surface area contributed by atoms with Gasteiger partial charge in [0, 0.05) is 29.6 Å². The van der Waals surface area contributed by atoms with Crippen LogP contribution < -0.4 is 5.73 Å². The zero-order valence-electron chi connectivity index (χ0n) is 11.3. The second-order valence-corrected chi connectivity index (χ2v) is 6.38. The van der Waals surface area contributed by atoms with E-state index >= 15 is 0 Å². The molecule has 1 heterocycles. The van der Waals surface area contributed by atoms with E-state index in [1.807, 2.05) is 12.1 Å². The van der Waals surface area contributed by atoms with E-state index in [4.69, 9.17) is 22.1 Å². The minimum absolute atomic E-state index is 0.187. The standard InChI is InChI=1S/C14H20BrClN2O/c1-9-8-19-10(2)7-18(9)14(6-17)11-3-4-12(15)13(16)5-11/h3-5,9-10,14H,6-8,17H2,1-2H3. The Kier molecular flexibility index (Phi) is 5.26. The summed E-state index contributed by atoms with van der Waals surface area (Å²) in [7, 11) is 0. The summed E-state index contributed by atoms with van der Waals surface area (Å²) in [6, 6.07) is 6.62. The van der Waals surface area contributed by atoms with Crippen LogP contribution in [0.5, 0.6) is 0 Å². The molecule has 3 unspecified atom stereocenters. The van der Waals surface area contributed by atoms with Crippen LogP contribution in [0.2, 0.25) is 5.02 Å². The Balaban J connectivity index is 2.25. The van der Waals surface area contributed by atoms with Gasteiger partial charge in [-0.05, 0) is 47.5 Å². The third-order valence-electron chi connectivity index (χ3n) is 3.61. The molecule has 0 radical (unpaired) electrons. The topological polar surface area (TPSA) is 38.5 Å². The van der Waals surface area contributed by atoms with Gasteiger partial charge in [0.2, 0.25) is 0 Å². The van der Waals surface area contributed by atoms with E-state index in [1.54, 1.807) is 0 Å². The number of rotatable bonds is 3. The fourth-order valence-corrected chi connectivity index (χ4v) is 2.98. The molecule has 3 atom stereocenters. The first kappa shape index (κ1) is 15.3. The normalized spacial score (nSPS) is 26.4. The molecule has 0 spiro atoms. The van der Waals surface area contributed by atoms with E-state index in [0.717, 1.165) is 28.2 Å². The Morgan fingerprint density at radius 2 is 2.26 bits per heavy atom. The van der Waals surface area contributed by atoms with Crippen LogP contribution in [0.15, 0.2) is 22.7 Å². The molecule has 5 heteroatoms. The highest BCUT2D eigenvalue weighted by Crippen LogP contribution is 2.30. The van der Waals surface area contributed by atoms with Gasteiger partial charge in [-0.1, -0.05) is 17.7 Å². The van der Waals surface area contributed by atoms with Gasteiger partial charge in [-0.25, -0.2) is 0 Å². The number of ether oxygens (including phenoxy) is 1. The lowest BCUT2D eigenvalue weighted by molar-refractivity contribution is -0.0653. The smallest absolute Gasteiger partial charge is 0.0675 e. The van der Waals surface area contributed by atoms with Gasteiger partial charge in [-0.15, -0.1) is 0 Å². The van der Waals surface area contributed by atoms with E-state index in [2.05, 4.69) is 40.7 Å². The van der Waals surface area contributed by atoms with Gasteiger partial charge in [-0.3, -0.25) is 4.90 Å². The molecule has 0 aliphatic carbocycles. The number of hydrogen-bond acceptors (Lipinski definition) is 3. The molecule has 1 aliphatic heterocycles. The van der Waals surface area contributed by atoms with Gasteiger partial charge in [0.25, 0.3) is 0 Å². The molecule has 0 amide bonds. The minimum Gasteiger partial charge on any atom is -0.376 e. The van der Waals surface area contributed by atoms with Gasteiger partial charge in [0.05, 0.1) is 17.7 Å². The molecule has 1 aromatic rings. The van der Waals surface area contributed by atoms with E-state index in [9.17, 15) is 0 Å². The molecule has 106 valence electrons. The molecule has 1 fully saturated rings. The lowest BCUT2D eigenvalue weighted by Gasteiger charge is -2.41. The second-order valence-electron chi connectivity index (χ2n) is 5.11. The van der Waals surface area contributed by atoms with Gasteiger partial charge in [0.1, 0.15) is 0 Å². The Morgan fingerprint density at radius 3 is 2.89 bits per heavy atom. The highest BCUT2D eigenvalue weighted by molar-refractivity contribution is 9.10. The Labute approximate surface area is 128 Å². The van der Waals surface area contributed by atoms with E-state index < -0.39 is 0 Å². The van der Waals surface area contributed by atoms with Crippen LogP contribution in [-0.2, 0) is 4.74 Å². The molecule has 1 aliphatic rings. The summed E-state index contributed by atoms with van der Waals surface area (Å²) in [5, 5.41) is 0.727. The summed E-state index contributed by atoms with van der Waals surface area (Å²) in [5.41, 5.74) is 7.16. The third kappa shape index (κ3) is 3.50. The molecule has 2 rings (SSSR count). The number of hydrogen-bond donors (Lipinski definition) is 1. The highest BCUT2D eigenvalue weighted by atomic mass is 79.9. The summed E-state index contributed by atoms with van der Waals surface area (Å²) in [6.45, 7) is 6.50. The maximum absolute atomic E-state index is 6.19. The van der Waals surface area contributed by atoms with Crippen molar-refractivity contribution >= 4 is 27.5 Å². The van der Waals surface area contributed by atoms with Crippen molar-refractivity contribution in [2.24, 2.45) is 5.73 Å². The SMILES string of the molecule is CC1CN(C(CN)c2ccc(Br)c(Cl)c2)C(C)CO1. The first-order valence-corrected chi connectivity index (χ1v) is 7.72. The van der Waals surface area contributed by atoms with Crippen molar-refractivity contribution in [1.82, 2.24) is 4.90 Å². The average Bonchev–Trinajstić information content (AvgIpc) is 2.38. The summed E-state index contributed by atoms with van der Waals surface area (Å²) < 4.78 is 6.59. The van der Waals surface area contributed by atoms with Crippen LogP contribution in [0.4, 0.5) is 0 Å². The summed E-state index contributed by atoms with van der Waals surface area (Å²) in [6.07, 6.45) is 0.246. The fraction of sp³-hybridized carbons (Fsp3) is 0.571. The van der Waals surface area contributed by atoms with Crippen molar-refractivity contribution in [3.05, 3.63) is 33.3 Å². The second kappa shape index (κ2) is 6.55. The molecule has 1 aromatic carbocycles. The van der Waals surface area contributed by atoms with Crippen molar-refractivity contribution in [3.63, 3.8) is 0 Å². The molecule has 19 heavy (non-hydrogen) atoms. The Morgan fingerprint density at radius 1 is 1.53 bits per heavy atom. The number of morpholine rings is 1. The summed E-state index contributed by atoms with van der Waals surface area (Å²) >= 11 is 9.61. The van der Waals surface area contributed by atoms with Crippen LogP contribution in [0.3, 0.4) is 0 Å². The maximum atomic E-state index is 6.19. The predicted octanol–water partition coefficient (Wildman–Crippen LogP) is 3.21. The van der Waals surface area contributed by atoms with Gasteiger partial charge in [-0.2, -0.15) is 0 Å². The fourth-order valence-electron chi connectivity index (χ4n) is 2.55. The molecular formula is C14H20BrClN2O. The van der Waals surface area contributed by atoms with Crippen LogP contribution in [0, 0.1) is 0 Å². The zero-order chi connectivity index (χ0) is 14.0. The van der Waals surface area contributed by atoms with E-state index in [-0.39, 0.29) is 12.1 Å². The van der Waals surface area contributed by atoms with Crippen LogP contribution in [0.1, 0.15) is 25.5 Å². The van der Waals surface area contributed by atoms with E-state index in [1.165, 1.54) is 0 Å². The Hall–Kier alpha value is -0.130. The molecule has 1 saturated heterocycles. The van der Waals surface area contributed by atoms with Gasteiger partial charge in [0.15, 0.2) is 0 Å². The van der Waals surface area contributed by atoms with Crippen LogP contribution >= 0.6 is 27.5 Å². The number of nitrogens with two attached hydrogens (primary N) is 1. The summed E-state index contributed by atoms with van der Waals surface area (Å²) in [4.78, 5) is 2.41. The van der Waals surface area contributed by atoms with Crippen molar-refractivity contribution < 1.29 is 4.74 Å². The third-order valence-corrected chi connectivity index (χ3v) is 4.84. The average molecular weight is 348 g/mol. The number of halogens is 2. The minimum atomic E-state index is 0.187. The summed E-state index contributed by atoms with van der Waals surface area (Å²) in [5.74, 6) is 0. The lowest BCUT2D eigenvalue weighted by atomic mass is 10.0. The predicted molar refractivity (Wildman–Crippen MR) is 82.5 cm³/mol. The monoisotopic (exact) mass is 346 g/mol. The molecule has 0 saturated carbocycles. The first-order chi connectivity index (χ1) is 9.02. The van der Waals surface area contributed by atoms with E-state index in [0.29, 0.717) is 12.6 Å². The molecule has 0 aromatic heterocycles. The quantitative estimate of drug-likeness (QED) is 0.912. The zero-order valence-corrected chi connectivity index (χ0v) is 13.6. The van der Waals surface area contributed by atoms with Gasteiger partial charge >= 0.3 is 0 Å². The van der Waals surface area contributed by atoms with Crippen LogP contribution in [0.25, 0.3) is 0 Å². The highest BCUT2D eigenvalue weighted by Gasteiger charge is 2.29. The molecule has 2 N–H and O–H groups in total. The largest absolute Gasteiger partial charge is 0.376 e. The van der Waals surface area contributed by atoms with Crippen molar-refractivity contribution in [3.8, 4) is 0 Å². The van der Waals surface area contributed by atoms with Crippen molar-refractivity contribution in [2.45, 2.75) is 32.0 Å². The Bertz CT molecular complexity index is 443. The van der Waals surface area contributed by atoms with Crippen molar-refractivity contribution in [2.75, 3.05) is 19.7 Å². The lowest BCUT2D eigenvalue weighted by Crippen LogP contribution is -2.50.